The summed E-state index contributed by atoms with van der Waals surface area (Å²) in [7, 11) is 0. The van der Waals surface area contributed by atoms with Crippen molar-refractivity contribution < 1.29 is 4.42 Å². The lowest BCUT2D eigenvalue weighted by atomic mass is 10.3. The van der Waals surface area contributed by atoms with Crippen LogP contribution in [0.5, 0.6) is 0 Å². The summed E-state index contributed by atoms with van der Waals surface area (Å²) in [6.45, 7) is 0. The molecule has 1 aromatic rings. The van der Waals surface area contributed by atoms with Gasteiger partial charge in [0.1, 0.15) is 6.26 Å². The van der Waals surface area contributed by atoms with Gasteiger partial charge in [-0.3, -0.25) is 0 Å². The molecule has 1 heterocycles. The Hall–Kier alpha value is -0.990. The van der Waals surface area contributed by atoms with E-state index in [1.54, 1.807) is 6.20 Å². The van der Waals surface area contributed by atoms with Crippen molar-refractivity contribution in [3.63, 3.8) is 0 Å². The molecule has 2 N–H and O–H groups in total. The molecule has 1 atom stereocenters. The number of nitrogens with two attached hydrogens (primary N) is 1. The smallest absolute Gasteiger partial charge is 0.255 e. The minimum atomic E-state index is -0.382. The lowest BCUT2D eigenvalue weighted by molar-refractivity contribution is 0.454. The number of hydrogen-bond acceptors (Lipinski definition) is 5. The molecule has 0 saturated carbocycles. The lowest BCUT2D eigenvalue weighted by Gasteiger charge is -1.98. The van der Waals surface area contributed by atoms with Crippen LogP contribution in [0.25, 0.3) is 0 Å². The highest BCUT2D eigenvalue weighted by molar-refractivity contribution is 7.99. The van der Waals surface area contributed by atoms with Crippen LogP contribution < -0.4 is 5.73 Å². The summed E-state index contributed by atoms with van der Waals surface area (Å²) < 4.78 is 4.98. The predicted molar refractivity (Wildman–Crippen MR) is 45.4 cm³/mol. The molecule has 0 radical (unpaired) electrons. The normalized spacial score (nSPS) is 12.3. The van der Waals surface area contributed by atoms with E-state index in [1.165, 1.54) is 18.0 Å². The molecule has 0 aliphatic rings. The van der Waals surface area contributed by atoms with Crippen LogP contribution in [-0.2, 0) is 0 Å². The first-order chi connectivity index (χ1) is 5.83. The van der Waals surface area contributed by atoms with Gasteiger partial charge in [0.05, 0.1) is 18.3 Å². The van der Waals surface area contributed by atoms with Crippen molar-refractivity contribution >= 4 is 11.8 Å². The number of oxazole rings is 1. The van der Waals surface area contributed by atoms with E-state index in [1.807, 2.05) is 6.07 Å². The van der Waals surface area contributed by atoms with Gasteiger partial charge in [0, 0.05) is 5.75 Å². The molecule has 64 valence electrons. The average molecular weight is 183 g/mol. The summed E-state index contributed by atoms with van der Waals surface area (Å²) in [5.74, 6) is 0.759. The van der Waals surface area contributed by atoms with Crippen LogP contribution in [0.15, 0.2) is 22.1 Å². The molecular formula is C7H9N3OS. The molecule has 4 nitrogen and oxygen atoms in total. The first kappa shape index (κ1) is 9.10. The molecule has 0 spiro atoms. The third-order valence-corrected chi connectivity index (χ3v) is 2.12. The van der Waals surface area contributed by atoms with Gasteiger partial charge in [-0.1, -0.05) is 11.8 Å². The van der Waals surface area contributed by atoms with Crippen molar-refractivity contribution in [1.29, 1.82) is 5.26 Å². The van der Waals surface area contributed by atoms with Gasteiger partial charge in [0.15, 0.2) is 0 Å². The number of nitrogens with zero attached hydrogens (tertiary/aromatic N) is 2. The predicted octanol–water partition coefficient (Wildman–Crippen LogP) is 1.01. The lowest BCUT2D eigenvalue weighted by Crippen LogP contribution is -2.17. The van der Waals surface area contributed by atoms with Crippen molar-refractivity contribution in [2.75, 3.05) is 5.75 Å². The van der Waals surface area contributed by atoms with E-state index >= 15 is 0 Å². The van der Waals surface area contributed by atoms with Crippen LogP contribution >= 0.6 is 11.8 Å². The maximum absolute atomic E-state index is 8.37. The Morgan fingerprint density at radius 3 is 3.25 bits per heavy atom. The maximum atomic E-state index is 8.37. The molecule has 0 bridgehead atoms. The van der Waals surface area contributed by atoms with Gasteiger partial charge in [-0.25, -0.2) is 4.98 Å². The highest BCUT2D eigenvalue weighted by Gasteiger charge is 2.02. The molecule has 12 heavy (non-hydrogen) atoms. The second kappa shape index (κ2) is 4.80. The zero-order valence-electron chi connectivity index (χ0n) is 6.43. The molecule has 1 aromatic heterocycles. The van der Waals surface area contributed by atoms with Gasteiger partial charge >= 0.3 is 0 Å². The molecule has 5 heteroatoms. The van der Waals surface area contributed by atoms with Gasteiger partial charge in [-0.15, -0.1) is 0 Å². The first-order valence-corrected chi connectivity index (χ1v) is 4.49. The van der Waals surface area contributed by atoms with Crippen LogP contribution in [-0.4, -0.2) is 16.8 Å². The zero-order chi connectivity index (χ0) is 8.81. The highest BCUT2D eigenvalue weighted by atomic mass is 32.2. The molecule has 0 fully saturated rings. The number of aromatic nitrogens is 1. The number of rotatable bonds is 4. The standard InChI is InChI=1S/C7H9N3OS/c8-5-6(9)1-4-12-7-10-2-3-11-7/h2-3,6H,1,4,9H2. The third-order valence-electron chi connectivity index (χ3n) is 1.23. The van der Waals surface area contributed by atoms with Crippen molar-refractivity contribution in [3.8, 4) is 6.07 Å². The van der Waals surface area contributed by atoms with Gasteiger partial charge in [-0.05, 0) is 6.42 Å². The van der Waals surface area contributed by atoms with Crippen LogP contribution in [0.4, 0.5) is 0 Å². The fourth-order valence-corrected chi connectivity index (χ4v) is 1.42. The molecule has 0 aliphatic heterocycles. The summed E-state index contributed by atoms with van der Waals surface area (Å²) in [6, 6.07) is 1.58. The summed E-state index contributed by atoms with van der Waals surface area (Å²) in [5.41, 5.74) is 5.39. The first-order valence-electron chi connectivity index (χ1n) is 3.50. The topological polar surface area (TPSA) is 75.8 Å². The minimum Gasteiger partial charge on any atom is -0.440 e. The molecular weight excluding hydrogens is 174 g/mol. The molecule has 0 amide bonds. The molecule has 0 aliphatic carbocycles. The Labute approximate surface area is 74.8 Å². The summed E-state index contributed by atoms with van der Waals surface area (Å²) >= 11 is 1.46. The van der Waals surface area contributed by atoms with Gasteiger partial charge in [0.25, 0.3) is 5.22 Å². The van der Waals surface area contributed by atoms with Crippen LogP contribution in [0.2, 0.25) is 0 Å². The van der Waals surface area contributed by atoms with E-state index in [2.05, 4.69) is 4.98 Å². The Morgan fingerprint density at radius 2 is 2.67 bits per heavy atom. The zero-order valence-corrected chi connectivity index (χ0v) is 7.25. The molecule has 1 rings (SSSR count). The van der Waals surface area contributed by atoms with Crippen molar-refractivity contribution in [1.82, 2.24) is 4.98 Å². The Morgan fingerprint density at radius 1 is 1.83 bits per heavy atom. The number of thioether (sulfide) groups is 1. The quantitative estimate of drug-likeness (QED) is 0.705. The number of hydrogen-bond donors (Lipinski definition) is 1. The van der Waals surface area contributed by atoms with Gasteiger partial charge in [-0.2, -0.15) is 5.26 Å². The minimum absolute atomic E-state index is 0.382. The summed E-state index contributed by atoms with van der Waals surface area (Å²) in [4.78, 5) is 3.91. The molecule has 1 unspecified atom stereocenters. The second-order valence-electron chi connectivity index (χ2n) is 2.17. The second-order valence-corrected chi connectivity index (χ2v) is 3.22. The Kier molecular flexibility index (Phi) is 3.64. The van der Waals surface area contributed by atoms with E-state index < -0.39 is 0 Å². The van der Waals surface area contributed by atoms with Gasteiger partial charge in [0.2, 0.25) is 0 Å². The van der Waals surface area contributed by atoms with E-state index in [9.17, 15) is 0 Å². The fraction of sp³-hybridized carbons (Fsp3) is 0.429. The van der Waals surface area contributed by atoms with Crippen LogP contribution in [0.3, 0.4) is 0 Å². The van der Waals surface area contributed by atoms with E-state index in [0.29, 0.717) is 11.6 Å². The van der Waals surface area contributed by atoms with Crippen LogP contribution in [0, 0.1) is 11.3 Å². The maximum Gasteiger partial charge on any atom is 0.255 e. The molecule has 0 saturated heterocycles. The van der Waals surface area contributed by atoms with Crippen molar-refractivity contribution in [2.24, 2.45) is 5.73 Å². The largest absolute Gasteiger partial charge is 0.440 e. The summed E-state index contributed by atoms with van der Waals surface area (Å²) in [5, 5.41) is 8.99. The van der Waals surface area contributed by atoms with E-state index in [0.717, 1.165) is 5.75 Å². The Bertz CT molecular complexity index is 254. The van der Waals surface area contributed by atoms with Gasteiger partial charge < -0.3 is 10.2 Å². The number of nitriles is 1. The van der Waals surface area contributed by atoms with Crippen molar-refractivity contribution in [3.05, 3.63) is 12.5 Å². The summed E-state index contributed by atoms with van der Waals surface area (Å²) in [6.07, 6.45) is 3.77. The monoisotopic (exact) mass is 183 g/mol. The Balaban J connectivity index is 2.16. The third kappa shape index (κ3) is 2.95. The van der Waals surface area contributed by atoms with E-state index in [-0.39, 0.29) is 6.04 Å². The average Bonchev–Trinajstić information content (AvgIpc) is 2.57. The van der Waals surface area contributed by atoms with Crippen molar-refractivity contribution in [2.45, 2.75) is 17.7 Å². The van der Waals surface area contributed by atoms with E-state index in [4.69, 9.17) is 15.4 Å². The fourth-order valence-electron chi connectivity index (χ4n) is 0.619. The molecule has 0 aromatic carbocycles. The SMILES string of the molecule is N#CC(N)CCSc1ncco1. The highest BCUT2D eigenvalue weighted by Crippen LogP contribution is 2.15. The van der Waals surface area contributed by atoms with Crippen LogP contribution in [0.1, 0.15) is 6.42 Å².